The van der Waals surface area contributed by atoms with E-state index in [-0.39, 0.29) is 5.91 Å². The molecule has 6 heteroatoms. The lowest BCUT2D eigenvalue weighted by molar-refractivity contribution is 0.0729. The van der Waals surface area contributed by atoms with Gasteiger partial charge in [0.25, 0.3) is 5.91 Å². The third kappa shape index (κ3) is 2.53. The van der Waals surface area contributed by atoms with Crippen molar-refractivity contribution >= 4 is 17.2 Å². The van der Waals surface area contributed by atoms with Gasteiger partial charge in [-0.05, 0) is 31.4 Å². The molecule has 5 nitrogen and oxygen atoms in total. The lowest BCUT2D eigenvalue weighted by Crippen LogP contribution is -2.35. The summed E-state index contributed by atoms with van der Waals surface area (Å²) in [5.41, 5.74) is 0. The van der Waals surface area contributed by atoms with Crippen LogP contribution in [0.1, 0.15) is 34.8 Å². The van der Waals surface area contributed by atoms with Crippen LogP contribution in [0.2, 0.25) is 0 Å². The molecule has 0 unspecified atom stereocenters. The first-order chi connectivity index (χ1) is 9.24. The summed E-state index contributed by atoms with van der Waals surface area (Å²) in [4.78, 5) is 20.0. The van der Waals surface area contributed by atoms with Gasteiger partial charge >= 0.3 is 0 Å². The van der Waals surface area contributed by atoms with Gasteiger partial charge in [-0.2, -0.15) is 4.98 Å². The quantitative estimate of drug-likeness (QED) is 0.847. The Bertz CT molecular complexity index is 584. The molecule has 0 spiro atoms. The molecule has 1 amide bonds. The number of nitrogens with zero attached hydrogens (tertiary/aromatic N) is 3. The first kappa shape index (κ1) is 12.3. The van der Waals surface area contributed by atoms with Crippen molar-refractivity contribution in [1.29, 1.82) is 0 Å². The molecule has 0 N–H and O–H groups in total. The van der Waals surface area contributed by atoms with Gasteiger partial charge in [-0.1, -0.05) is 5.16 Å². The number of rotatable bonds is 2. The van der Waals surface area contributed by atoms with Crippen molar-refractivity contribution in [2.75, 3.05) is 13.1 Å². The topological polar surface area (TPSA) is 59.2 Å². The Labute approximate surface area is 115 Å². The van der Waals surface area contributed by atoms with Crippen molar-refractivity contribution in [3.63, 3.8) is 0 Å². The first-order valence-electron chi connectivity index (χ1n) is 6.44. The minimum Gasteiger partial charge on any atom is -0.339 e. The Kier molecular flexibility index (Phi) is 3.33. The molecule has 1 saturated heterocycles. The summed E-state index contributed by atoms with van der Waals surface area (Å²) < 4.78 is 4.96. The van der Waals surface area contributed by atoms with Crippen molar-refractivity contribution in [3.05, 3.63) is 22.9 Å². The summed E-state index contributed by atoms with van der Waals surface area (Å²) in [6.45, 7) is 3.49. The fraction of sp³-hybridized carbons (Fsp3) is 0.462. The highest BCUT2D eigenvalue weighted by Gasteiger charge is 2.20. The number of aromatic nitrogens is 2. The second kappa shape index (κ2) is 5.13. The van der Waals surface area contributed by atoms with E-state index in [4.69, 9.17) is 4.52 Å². The van der Waals surface area contributed by atoms with Crippen LogP contribution in [-0.2, 0) is 0 Å². The van der Waals surface area contributed by atoms with Gasteiger partial charge < -0.3 is 9.42 Å². The normalized spacial score (nSPS) is 15.7. The van der Waals surface area contributed by atoms with Crippen LogP contribution in [0.5, 0.6) is 0 Å². The fourth-order valence-corrected chi connectivity index (χ4v) is 3.12. The second-order valence-electron chi connectivity index (χ2n) is 4.65. The highest BCUT2D eigenvalue weighted by molar-refractivity contribution is 7.17. The van der Waals surface area contributed by atoms with Gasteiger partial charge in [-0.15, -0.1) is 11.3 Å². The molecule has 1 aliphatic heterocycles. The summed E-state index contributed by atoms with van der Waals surface area (Å²) in [5.74, 6) is 1.21. The molecule has 2 aromatic heterocycles. The summed E-state index contributed by atoms with van der Waals surface area (Å²) in [7, 11) is 0. The number of carbonyl (C=O) groups is 1. The molecule has 3 rings (SSSR count). The highest BCUT2D eigenvalue weighted by atomic mass is 32.1. The lowest BCUT2D eigenvalue weighted by atomic mass is 10.1. The molecule has 0 radical (unpaired) electrons. The number of thiophene rings is 1. The van der Waals surface area contributed by atoms with Crippen LogP contribution in [0.25, 0.3) is 10.7 Å². The predicted molar refractivity (Wildman–Crippen MR) is 72.1 cm³/mol. The molecule has 0 aliphatic carbocycles. The smallest absolute Gasteiger partial charge is 0.263 e. The fourth-order valence-electron chi connectivity index (χ4n) is 2.23. The predicted octanol–water partition coefficient (Wildman–Crippen LogP) is 2.73. The Morgan fingerprint density at radius 3 is 2.79 bits per heavy atom. The van der Waals surface area contributed by atoms with Gasteiger partial charge in [0.15, 0.2) is 0 Å². The molecule has 0 atom stereocenters. The van der Waals surface area contributed by atoms with Crippen LogP contribution in [0.3, 0.4) is 0 Å². The van der Waals surface area contributed by atoms with Gasteiger partial charge in [0.05, 0.1) is 9.75 Å². The van der Waals surface area contributed by atoms with Crippen molar-refractivity contribution < 1.29 is 9.32 Å². The van der Waals surface area contributed by atoms with Gasteiger partial charge in [0.2, 0.25) is 11.7 Å². The average Bonchev–Trinajstić information content (AvgIpc) is 3.07. The molecule has 0 aromatic carbocycles. The maximum atomic E-state index is 12.3. The van der Waals surface area contributed by atoms with Crippen LogP contribution in [0.15, 0.2) is 16.7 Å². The third-order valence-electron chi connectivity index (χ3n) is 3.21. The van der Waals surface area contributed by atoms with Crippen molar-refractivity contribution in [2.24, 2.45) is 0 Å². The van der Waals surface area contributed by atoms with E-state index in [2.05, 4.69) is 10.1 Å². The largest absolute Gasteiger partial charge is 0.339 e. The van der Waals surface area contributed by atoms with E-state index in [0.29, 0.717) is 11.7 Å². The first-order valence-corrected chi connectivity index (χ1v) is 7.25. The van der Waals surface area contributed by atoms with Crippen LogP contribution < -0.4 is 0 Å². The van der Waals surface area contributed by atoms with E-state index in [1.807, 2.05) is 17.0 Å². The van der Waals surface area contributed by atoms with Crippen LogP contribution >= 0.6 is 11.3 Å². The minimum absolute atomic E-state index is 0.121. The van der Waals surface area contributed by atoms with E-state index >= 15 is 0 Å². The molecular formula is C13H15N3O2S. The summed E-state index contributed by atoms with van der Waals surface area (Å²) >= 11 is 1.42. The zero-order valence-electron chi connectivity index (χ0n) is 10.8. The number of piperidine rings is 1. The highest BCUT2D eigenvalue weighted by Crippen LogP contribution is 2.27. The lowest BCUT2D eigenvalue weighted by Gasteiger charge is -2.26. The van der Waals surface area contributed by atoms with Gasteiger partial charge in [0.1, 0.15) is 0 Å². The zero-order chi connectivity index (χ0) is 13.2. The Morgan fingerprint density at radius 2 is 2.11 bits per heavy atom. The van der Waals surface area contributed by atoms with Crippen LogP contribution in [0, 0.1) is 6.92 Å². The SMILES string of the molecule is Cc1nc(-c2ccc(C(=O)N3CCCCC3)s2)no1. The number of aryl methyl sites for hydroxylation is 1. The molecule has 0 saturated carbocycles. The van der Waals surface area contributed by atoms with Crippen molar-refractivity contribution in [3.8, 4) is 10.7 Å². The third-order valence-corrected chi connectivity index (χ3v) is 4.28. The molecule has 100 valence electrons. The van der Waals surface area contributed by atoms with Crippen molar-refractivity contribution in [2.45, 2.75) is 26.2 Å². The molecule has 2 aromatic rings. The van der Waals surface area contributed by atoms with Crippen LogP contribution in [0.4, 0.5) is 0 Å². The number of hydrogen-bond acceptors (Lipinski definition) is 5. The Balaban J connectivity index is 1.79. The number of likely N-dealkylation sites (tertiary alicyclic amines) is 1. The molecule has 0 bridgehead atoms. The molecule has 1 aliphatic rings. The van der Waals surface area contributed by atoms with E-state index in [1.165, 1.54) is 17.8 Å². The van der Waals surface area contributed by atoms with Gasteiger partial charge in [0, 0.05) is 20.0 Å². The number of carbonyl (C=O) groups excluding carboxylic acids is 1. The van der Waals surface area contributed by atoms with E-state index in [0.717, 1.165) is 35.7 Å². The minimum atomic E-state index is 0.121. The molecular weight excluding hydrogens is 262 g/mol. The number of amides is 1. The second-order valence-corrected chi connectivity index (χ2v) is 5.74. The average molecular weight is 277 g/mol. The maximum Gasteiger partial charge on any atom is 0.263 e. The Morgan fingerprint density at radius 1 is 1.32 bits per heavy atom. The number of hydrogen-bond donors (Lipinski definition) is 0. The maximum absolute atomic E-state index is 12.3. The van der Waals surface area contributed by atoms with Crippen LogP contribution in [-0.4, -0.2) is 34.0 Å². The van der Waals surface area contributed by atoms with E-state index in [1.54, 1.807) is 6.92 Å². The molecule has 19 heavy (non-hydrogen) atoms. The monoisotopic (exact) mass is 277 g/mol. The summed E-state index contributed by atoms with van der Waals surface area (Å²) in [6, 6.07) is 3.73. The summed E-state index contributed by atoms with van der Waals surface area (Å²) in [5, 5.41) is 3.87. The zero-order valence-corrected chi connectivity index (χ0v) is 11.6. The van der Waals surface area contributed by atoms with Gasteiger partial charge in [-0.3, -0.25) is 4.79 Å². The molecule has 1 fully saturated rings. The van der Waals surface area contributed by atoms with E-state index < -0.39 is 0 Å². The summed E-state index contributed by atoms with van der Waals surface area (Å²) in [6.07, 6.45) is 3.43. The van der Waals surface area contributed by atoms with E-state index in [9.17, 15) is 4.79 Å². The van der Waals surface area contributed by atoms with Gasteiger partial charge in [-0.25, -0.2) is 0 Å². The standard InChI is InChI=1S/C13H15N3O2S/c1-9-14-12(15-18-9)10-5-6-11(19-10)13(17)16-7-3-2-4-8-16/h5-6H,2-4,7-8H2,1H3. The molecule has 3 heterocycles. The Hall–Kier alpha value is -1.69. The van der Waals surface area contributed by atoms with Crippen molar-refractivity contribution in [1.82, 2.24) is 15.0 Å².